The van der Waals surface area contributed by atoms with Gasteiger partial charge < -0.3 is 14.3 Å². The van der Waals surface area contributed by atoms with E-state index in [2.05, 4.69) is 10.1 Å². The summed E-state index contributed by atoms with van der Waals surface area (Å²) in [5.74, 6) is 1.55. The molecule has 0 unspecified atom stereocenters. The summed E-state index contributed by atoms with van der Waals surface area (Å²) in [7, 11) is 0. The maximum absolute atomic E-state index is 12.5. The van der Waals surface area contributed by atoms with Crippen LogP contribution in [-0.2, 0) is 15.0 Å². The molecule has 3 rings (SSSR count). The maximum atomic E-state index is 12.5. The zero-order chi connectivity index (χ0) is 16.8. The fourth-order valence-electron chi connectivity index (χ4n) is 3.86. The van der Waals surface area contributed by atoms with Crippen molar-refractivity contribution in [3.8, 4) is 0 Å². The Balaban J connectivity index is 1.96. The first-order valence-corrected chi connectivity index (χ1v) is 8.18. The monoisotopic (exact) mass is 320 g/mol. The lowest BCUT2D eigenvalue weighted by atomic mass is 9.73. The normalized spacial score (nSPS) is 27.4. The fourth-order valence-corrected chi connectivity index (χ4v) is 3.86. The average Bonchev–Trinajstić information content (AvgIpc) is 3.09. The molecular formula is C16H24N4O3. The van der Waals surface area contributed by atoms with Crippen LogP contribution in [0.5, 0.6) is 0 Å². The van der Waals surface area contributed by atoms with Crippen LogP contribution in [0.25, 0.3) is 0 Å². The molecule has 2 aliphatic rings. The van der Waals surface area contributed by atoms with E-state index in [1.165, 1.54) is 0 Å². The van der Waals surface area contributed by atoms with Crippen LogP contribution in [0.4, 0.5) is 0 Å². The summed E-state index contributed by atoms with van der Waals surface area (Å²) in [5, 5.41) is 3.93. The van der Waals surface area contributed by atoms with Gasteiger partial charge in [-0.25, -0.2) is 0 Å². The number of nitrogens with zero attached hydrogens (tertiary/aromatic N) is 4. The quantitative estimate of drug-likeness (QED) is 0.811. The summed E-state index contributed by atoms with van der Waals surface area (Å²) in [6.45, 7) is 9.69. The van der Waals surface area contributed by atoms with Gasteiger partial charge in [-0.1, -0.05) is 19.0 Å². The summed E-state index contributed by atoms with van der Waals surface area (Å²) in [4.78, 5) is 32.5. The second-order valence-corrected chi connectivity index (χ2v) is 7.10. The third kappa shape index (κ3) is 2.62. The number of hydrogen-bond acceptors (Lipinski definition) is 5. The van der Waals surface area contributed by atoms with Crippen molar-refractivity contribution in [1.82, 2.24) is 19.9 Å². The highest BCUT2D eigenvalue weighted by atomic mass is 16.5. The van der Waals surface area contributed by atoms with Crippen molar-refractivity contribution in [1.29, 1.82) is 0 Å². The topological polar surface area (TPSA) is 79.5 Å². The molecule has 2 saturated heterocycles. The van der Waals surface area contributed by atoms with Gasteiger partial charge >= 0.3 is 0 Å². The molecule has 0 radical (unpaired) electrons. The molecule has 0 saturated carbocycles. The highest BCUT2D eigenvalue weighted by molar-refractivity contribution is 5.78. The Hall–Kier alpha value is -1.92. The molecule has 126 valence electrons. The molecular weight excluding hydrogens is 296 g/mol. The molecule has 0 spiro atoms. The van der Waals surface area contributed by atoms with Crippen molar-refractivity contribution in [2.75, 3.05) is 26.2 Å². The summed E-state index contributed by atoms with van der Waals surface area (Å²) >= 11 is 0. The number of rotatable bonds is 2. The van der Waals surface area contributed by atoms with Crippen LogP contribution in [0.1, 0.15) is 38.9 Å². The minimum absolute atomic E-state index is 0.0432. The summed E-state index contributed by atoms with van der Waals surface area (Å²) < 4.78 is 5.49. The molecule has 2 atom stereocenters. The van der Waals surface area contributed by atoms with Crippen molar-refractivity contribution < 1.29 is 14.1 Å². The number of carbonyl (C=O) groups excluding carboxylic acids is 2. The van der Waals surface area contributed by atoms with Crippen molar-refractivity contribution in [3.05, 3.63) is 11.7 Å². The van der Waals surface area contributed by atoms with E-state index in [-0.39, 0.29) is 23.7 Å². The van der Waals surface area contributed by atoms with Crippen molar-refractivity contribution >= 4 is 11.8 Å². The number of piperidine rings is 1. The van der Waals surface area contributed by atoms with Gasteiger partial charge in [-0.05, 0) is 19.3 Å². The van der Waals surface area contributed by atoms with Gasteiger partial charge in [-0.2, -0.15) is 4.98 Å². The van der Waals surface area contributed by atoms with Crippen LogP contribution >= 0.6 is 0 Å². The van der Waals surface area contributed by atoms with Gasteiger partial charge in [0.1, 0.15) is 0 Å². The predicted molar refractivity (Wildman–Crippen MR) is 82.5 cm³/mol. The highest BCUT2D eigenvalue weighted by Gasteiger charge is 2.55. The molecule has 2 aliphatic heterocycles. The molecule has 7 heteroatoms. The van der Waals surface area contributed by atoms with Gasteiger partial charge in [-0.15, -0.1) is 0 Å². The van der Waals surface area contributed by atoms with E-state index in [1.54, 1.807) is 13.8 Å². The number of aromatic nitrogens is 2. The lowest BCUT2D eigenvalue weighted by Crippen LogP contribution is -2.54. The number of likely N-dealkylation sites (tertiary alicyclic amines) is 2. The largest absolute Gasteiger partial charge is 0.341 e. The summed E-state index contributed by atoms with van der Waals surface area (Å²) in [5.41, 5.74) is -0.435. The van der Waals surface area contributed by atoms with Crippen LogP contribution < -0.4 is 0 Å². The molecule has 7 nitrogen and oxygen atoms in total. The van der Waals surface area contributed by atoms with Crippen molar-refractivity contribution in [2.45, 2.75) is 39.5 Å². The first kappa shape index (κ1) is 16.0. The average molecular weight is 320 g/mol. The Kier molecular flexibility index (Phi) is 3.90. The molecule has 1 aromatic rings. The van der Waals surface area contributed by atoms with Crippen LogP contribution in [0.2, 0.25) is 0 Å². The zero-order valence-corrected chi connectivity index (χ0v) is 14.2. The van der Waals surface area contributed by atoms with E-state index in [0.29, 0.717) is 31.3 Å². The molecule has 0 bridgehead atoms. The molecule has 0 aliphatic carbocycles. The Labute approximate surface area is 136 Å². The van der Waals surface area contributed by atoms with E-state index >= 15 is 0 Å². The minimum Gasteiger partial charge on any atom is -0.341 e. The van der Waals surface area contributed by atoms with Gasteiger partial charge in [0.05, 0.1) is 5.41 Å². The molecule has 2 amide bonds. The zero-order valence-electron chi connectivity index (χ0n) is 14.2. The number of fused-ring (bicyclic) bond motifs is 1. The Morgan fingerprint density at radius 1 is 1.30 bits per heavy atom. The Morgan fingerprint density at radius 2 is 2.00 bits per heavy atom. The second kappa shape index (κ2) is 5.62. The number of carbonyl (C=O) groups is 2. The Morgan fingerprint density at radius 3 is 2.57 bits per heavy atom. The van der Waals surface area contributed by atoms with E-state index < -0.39 is 5.41 Å². The smallest absolute Gasteiger partial charge is 0.236 e. The summed E-state index contributed by atoms with van der Waals surface area (Å²) in [6.07, 6.45) is 0.851. The van der Waals surface area contributed by atoms with Crippen molar-refractivity contribution in [2.24, 2.45) is 11.8 Å². The van der Waals surface area contributed by atoms with Gasteiger partial charge in [0.2, 0.25) is 17.7 Å². The lowest BCUT2D eigenvalue weighted by molar-refractivity contribution is -0.137. The molecule has 23 heavy (non-hydrogen) atoms. The van der Waals surface area contributed by atoms with E-state index in [4.69, 9.17) is 4.52 Å². The van der Waals surface area contributed by atoms with Gasteiger partial charge in [-0.3, -0.25) is 9.59 Å². The number of hydrogen-bond donors (Lipinski definition) is 0. The van der Waals surface area contributed by atoms with E-state index in [1.807, 2.05) is 23.6 Å². The summed E-state index contributed by atoms with van der Waals surface area (Å²) in [6, 6.07) is 0. The second-order valence-electron chi connectivity index (χ2n) is 7.10. The van der Waals surface area contributed by atoms with Crippen LogP contribution in [0, 0.1) is 18.8 Å². The van der Waals surface area contributed by atoms with Crippen molar-refractivity contribution in [3.63, 3.8) is 0 Å². The van der Waals surface area contributed by atoms with Crippen LogP contribution in [0.3, 0.4) is 0 Å². The molecule has 3 heterocycles. The Bertz CT molecular complexity index is 627. The van der Waals surface area contributed by atoms with Gasteiger partial charge in [0.25, 0.3) is 0 Å². The first-order valence-electron chi connectivity index (χ1n) is 8.18. The number of amides is 2. The first-order chi connectivity index (χ1) is 10.8. The van der Waals surface area contributed by atoms with Crippen LogP contribution in [-0.4, -0.2) is 57.9 Å². The minimum atomic E-state index is -0.435. The highest BCUT2D eigenvalue weighted by Crippen LogP contribution is 2.44. The molecule has 2 fully saturated rings. The van der Waals surface area contributed by atoms with Crippen LogP contribution in [0.15, 0.2) is 4.52 Å². The molecule has 0 N–H and O–H groups in total. The standard InChI is InChI=1S/C16H24N4O3/c1-10(2)14(22)19-6-5-13-7-20(12(4)21)9-16(13,8-19)15-17-11(3)18-23-15/h10,13H,5-9H2,1-4H3/t13-,16-/m0/s1. The predicted octanol–water partition coefficient (Wildman–Crippen LogP) is 0.982. The molecule has 0 aromatic carbocycles. The maximum Gasteiger partial charge on any atom is 0.236 e. The third-order valence-corrected chi connectivity index (χ3v) is 5.12. The van der Waals surface area contributed by atoms with Gasteiger partial charge in [0.15, 0.2) is 5.82 Å². The SMILES string of the molecule is CC(=O)N1C[C@@H]2CCN(C(=O)C(C)C)C[C@]2(c2nc(C)no2)C1. The fraction of sp³-hybridized carbons (Fsp3) is 0.750. The van der Waals surface area contributed by atoms with E-state index in [0.717, 1.165) is 13.0 Å². The lowest BCUT2D eigenvalue weighted by Gasteiger charge is -2.42. The van der Waals surface area contributed by atoms with E-state index in [9.17, 15) is 9.59 Å². The molecule has 1 aromatic heterocycles. The van der Waals surface area contributed by atoms with Gasteiger partial charge in [0, 0.05) is 39.0 Å². The number of aryl methyl sites for hydroxylation is 1. The third-order valence-electron chi connectivity index (χ3n) is 5.12.